The van der Waals surface area contributed by atoms with Crippen LogP contribution in [0, 0.1) is 0 Å². The molecule has 1 aromatic heterocycles. The molecule has 1 aromatic rings. The van der Waals surface area contributed by atoms with Crippen molar-refractivity contribution in [2.75, 3.05) is 18.5 Å². The molecule has 1 rings (SSSR count). The van der Waals surface area contributed by atoms with E-state index in [-0.39, 0.29) is 13.2 Å². The Morgan fingerprint density at radius 2 is 2.21 bits per heavy atom. The molecular weight excluding hydrogens is 206 g/mol. The lowest BCUT2D eigenvalue weighted by Crippen LogP contribution is -2.37. The van der Waals surface area contributed by atoms with Gasteiger partial charge in [0.2, 0.25) is 0 Å². The fraction of sp³-hybridized carbons (Fsp3) is 0.500. The van der Waals surface area contributed by atoms with Crippen LogP contribution in [-0.2, 0) is 0 Å². The molecule has 0 spiro atoms. The van der Waals surface area contributed by atoms with Crippen molar-refractivity contribution in [1.29, 1.82) is 0 Å². The van der Waals surface area contributed by atoms with E-state index in [4.69, 9.17) is 16.7 Å². The smallest absolute Gasteiger partial charge is 0.151 e. The Morgan fingerprint density at radius 1 is 1.50 bits per heavy atom. The van der Waals surface area contributed by atoms with Crippen LogP contribution < -0.4 is 5.32 Å². The van der Waals surface area contributed by atoms with E-state index >= 15 is 0 Å². The molecule has 0 radical (unpaired) electrons. The van der Waals surface area contributed by atoms with Gasteiger partial charge in [-0.25, -0.2) is 0 Å². The van der Waals surface area contributed by atoms with Gasteiger partial charge >= 0.3 is 0 Å². The minimum Gasteiger partial charge on any atom is -0.393 e. The normalized spacial score (nSPS) is 14.9. The van der Waals surface area contributed by atoms with E-state index < -0.39 is 5.60 Å². The molecule has 0 aliphatic rings. The van der Waals surface area contributed by atoms with E-state index in [0.29, 0.717) is 11.0 Å². The Hall–Kier alpha value is -0.910. The van der Waals surface area contributed by atoms with Gasteiger partial charge in [-0.05, 0) is 19.1 Å². The summed E-state index contributed by atoms with van der Waals surface area (Å²) in [6.45, 7) is 1.39. The van der Waals surface area contributed by atoms with Crippen LogP contribution >= 0.6 is 11.6 Å². The SMILES string of the molecule is CC(O)(CO)CNc1ccc(Cl)nn1. The number of anilines is 1. The Morgan fingerprint density at radius 3 is 2.71 bits per heavy atom. The number of aromatic nitrogens is 2. The first-order valence-corrected chi connectivity index (χ1v) is 4.48. The monoisotopic (exact) mass is 217 g/mol. The number of halogens is 1. The molecule has 0 aliphatic carbocycles. The van der Waals surface area contributed by atoms with Crippen molar-refractivity contribution in [3.05, 3.63) is 17.3 Å². The van der Waals surface area contributed by atoms with E-state index in [1.807, 2.05) is 0 Å². The van der Waals surface area contributed by atoms with E-state index in [0.717, 1.165) is 0 Å². The largest absolute Gasteiger partial charge is 0.393 e. The van der Waals surface area contributed by atoms with Gasteiger partial charge in [0.25, 0.3) is 0 Å². The van der Waals surface area contributed by atoms with Crippen LogP contribution in [0.1, 0.15) is 6.92 Å². The lowest BCUT2D eigenvalue weighted by Gasteiger charge is -2.20. The molecule has 78 valence electrons. The molecule has 0 bridgehead atoms. The standard InChI is InChI=1S/C8H12ClN3O2/c1-8(14,5-13)4-10-7-3-2-6(9)11-12-7/h2-3,13-14H,4-5H2,1H3,(H,10,12). The average Bonchev–Trinajstić information content (AvgIpc) is 2.17. The zero-order valence-electron chi connectivity index (χ0n) is 7.74. The molecule has 6 heteroatoms. The first-order chi connectivity index (χ1) is 6.53. The highest BCUT2D eigenvalue weighted by molar-refractivity contribution is 6.29. The maximum atomic E-state index is 9.45. The van der Waals surface area contributed by atoms with Crippen LogP contribution in [0.3, 0.4) is 0 Å². The van der Waals surface area contributed by atoms with Crippen molar-refractivity contribution >= 4 is 17.4 Å². The highest BCUT2D eigenvalue weighted by Gasteiger charge is 2.18. The quantitative estimate of drug-likeness (QED) is 0.676. The second kappa shape index (κ2) is 4.54. The third-order valence-electron chi connectivity index (χ3n) is 1.62. The summed E-state index contributed by atoms with van der Waals surface area (Å²) in [5.74, 6) is 0.503. The number of aliphatic hydroxyl groups is 2. The fourth-order valence-electron chi connectivity index (χ4n) is 0.747. The van der Waals surface area contributed by atoms with Crippen molar-refractivity contribution in [2.24, 2.45) is 0 Å². The molecule has 0 saturated carbocycles. The highest BCUT2D eigenvalue weighted by Crippen LogP contribution is 2.08. The number of hydrogen-bond acceptors (Lipinski definition) is 5. The first-order valence-electron chi connectivity index (χ1n) is 4.10. The van der Waals surface area contributed by atoms with Gasteiger partial charge in [-0.1, -0.05) is 11.6 Å². The minimum absolute atomic E-state index is 0.194. The first kappa shape index (κ1) is 11.2. The van der Waals surface area contributed by atoms with E-state index in [9.17, 15) is 5.11 Å². The third kappa shape index (κ3) is 3.45. The second-order valence-electron chi connectivity index (χ2n) is 3.25. The van der Waals surface area contributed by atoms with Gasteiger partial charge < -0.3 is 15.5 Å². The Balaban J connectivity index is 2.50. The summed E-state index contributed by atoms with van der Waals surface area (Å²) in [6, 6.07) is 3.23. The molecule has 0 aliphatic heterocycles. The average molecular weight is 218 g/mol. The minimum atomic E-state index is -1.17. The maximum absolute atomic E-state index is 9.45. The van der Waals surface area contributed by atoms with Gasteiger partial charge in [0.05, 0.1) is 6.61 Å². The fourth-order valence-corrected chi connectivity index (χ4v) is 0.848. The number of aliphatic hydroxyl groups excluding tert-OH is 1. The molecule has 1 heterocycles. The molecule has 3 N–H and O–H groups in total. The topological polar surface area (TPSA) is 78.3 Å². The van der Waals surface area contributed by atoms with Crippen LogP contribution in [-0.4, -0.2) is 39.2 Å². The molecule has 0 saturated heterocycles. The van der Waals surface area contributed by atoms with E-state index in [2.05, 4.69) is 15.5 Å². The molecule has 0 fully saturated rings. The van der Waals surface area contributed by atoms with Crippen molar-refractivity contribution in [2.45, 2.75) is 12.5 Å². The Bertz CT molecular complexity index is 289. The molecule has 1 atom stereocenters. The number of nitrogens with one attached hydrogen (secondary N) is 1. The molecule has 0 amide bonds. The zero-order chi connectivity index (χ0) is 10.6. The van der Waals surface area contributed by atoms with E-state index in [1.54, 1.807) is 12.1 Å². The number of rotatable bonds is 4. The number of nitrogens with zero attached hydrogens (tertiary/aromatic N) is 2. The second-order valence-corrected chi connectivity index (χ2v) is 3.64. The third-order valence-corrected chi connectivity index (χ3v) is 1.82. The van der Waals surface area contributed by atoms with E-state index in [1.165, 1.54) is 6.92 Å². The predicted molar refractivity (Wildman–Crippen MR) is 53.2 cm³/mol. The van der Waals surface area contributed by atoms with Crippen LogP contribution in [0.5, 0.6) is 0 Å². The molecular formula is C8H12ClN3O2. The van der Waals surface area contributed by atoms with Gasteiger partial charge in [-0.15, -0.1) is 10.2 Å². The predicted octanol–water partition coefficient (Wildman–Crippen LogP) is 0.285. The van der Waals surface area contributed by atoms with Crippen molar-refractivity contribution in [3.8, 4) is 0 Å². The lowest BCUT2D eigenvalue weighted by molar-refractivity contribution is 0.0131. The summed E-state index contributed by atoms with van der Waals surface area (Å²) in [5.41, 5.74) is -1.17. The van der Waals surface area contributed by atoms with Crippen LogP contribution in [0.15, 0.2) is 12.1 Å². The van der Waals surface area contributed by atoms with Crippen molar-refractivity contribution in [3.63, 3.8) is 0 Å². The van der Waals surface area contributed by atoms with Gasteiger partial charge in [0.1, 0.15) is 11.4 Å². The summed E-state index contributed by atoms with van der Waals surface area (Å²) >= 11 is 5.54. The Kier molecular flexibility index (Phi) is 3.62. The molecule has 0 aromatic carbocycles. The molecule has 1 unspecified atom stereocenters. The highest BCUT2D eigenvalue weighted by atomic mass is 35.5. The van der Waals surface area contributed by atoms with Gasteiger partial charge in [-0.3, -0.25) is 0 Å². The van der Waals surface area contributed by atoms with Crippen molar-refractivity contribution < 1.29 is 10.2 Å². The van der Waals surface area contributed by atoms with Crippen molar-refractivity contribution in [1.82, 2.24) is 10.2 Å². The van der Waals surface area contributed by atoms with Gasteiger partial charge in [0, 0.05) is 6.54 Å². The Labute approximate surface area is 86.7 Å². The van der Waals surface area contributed by atoms with Crippen LogP contribution in [0.25, 0.3) is 0 Å². The summed E-state index contributed by atoms with van der Waals surface area (Å²) in [4.78, 5) is 0. The zero-order valence-corrected chi connectivity index (χ0v) is 8.49. The molecule has 14 heavy (non-hydrogen) atoms. The summed E-state index contributed by atoms with van der Waals surface area (Å²) in [6.07, 6.45) is 0. The lowest BCUT2D eigenvalue weighted by atomic mass is 10.1. The summed E-state index contributed by atoms with van der Waals surface area (Å²) in [5, 5.41) is 28.7. The maximum Gasteiger partial charge on any atom is 0.151 e. The number of hydrogen-bond donors (Lipinski definition) is 3. The van der Waals surface area contributed by atoms with Gasteiger partial charge in [0.15, 0.2) is 5.15 Å². The molecule has 5 nitrogen and oxygen atoms in total. The van der Waals surface area contributed by atoms with Gasteiger partial charge in [-0.2, -0.15) is 0 Å². The summed E-state index contributed by atoms with van der Waals surface area (Å²) in [7, 11) is 0. The van der Waals surface area contributed by atoms with Crippen LogP contribution in [0.4, 0.5) is 5.82 Å². The summed E-state index contributed by atoms with van der Waals surface area (Å²) < 4.78 is 0. The van der Waals surface area contributed by atoms with Crippen LogP contribution in [0.2, 0.25) is 5.15 Å².